The molecule has 0 aliphatic heterocycles. The Balaban J connectivity index is 1.28. The second-order valence-electron chi connectivity index (χ2n) is 12.2. The summed E-state index contributed by atoms with van der Waals surface area (Å²) in [5.41, 5.74) is 6.34. The summed E-state index contributed by atoms with van der Waals surface area (Å²) in [7, 11) is 0. The molecule has 0 spiro atoms. The monoisotopic (exact) mass is 626 g/mol. The lowest BCUT2D eigenvalue weighted by atomic mass is 9.89. The van der Waals surface area contributed by atoms with Crippen molar-refractivity contribution in [2.24, 2.45) is 0 Å². The van der Waals surface area contributed by atoms with Crippen LogP contribution < -0.4 is 0 Å². The largest absolute Gasteiger partial charge is 0.455 e. The molecular weight excluding hydrogens is 601 g/mol. The molecule has 0 unspecified atom stereocenters. The van der Waals surface area contributed by atoms with E-state index in [-0.39, 0.29) is 0 Å². The van der Waals surface area contributed by atoms with Crippen molar-refractivity contribution in [3.63, 3.8) is 0 Å². The van der Waals surface area contributed by atoms with Gasteiger partial charge in [0.1, 0.15) is 11.2 Å². The van der Waals surface area contributed by atoms with Crippen LogP contribution in [-0.4, -0.2) is 19.9 Å². The lowest BCUT2D eigenvalue weighted by molar-refractivity contribution is 0.669. The maximum absolute atomic E-state index is 6.75. The Morgan fingerprint density at radius 2 is 1.02 bits per heavy atom. The lowest BCUT2D eigenvalue weighted by Crippen LogP contribution is -2.00. The maximum Gasteiger partial charge on any atom is 0.164 e. The van der Waals surface area contributed by atoms with Crippen LogP contribution in [0.25, 0.3) is 99.5 Å². The van der Waals surface area contributed by atoms with Gasteiger partial charge < -0.3 is 4.42 Å². The topological polar surface area (TPSA) is 64.7 Å². The molecule has 7 aromatic carbocycles. The Bertz CT molecular complexity index is 2820. The van der Waals surface area contributed by atoms with Gasteiger partial charge in [0.15, 0.2) is 17.5 Å². The number of aromatic nitrogens is 4. The molecule has 0 atom stereocenters. The third kappa shape index (κ3) is 4.40. The number of hydrogen-bond acceptors (Lipinski definition) is 5. The number of nitrogens with zero attached hydrogens (tertiary/aromatic N) is 4. The van der Waals surface area contributed by atoms with Crippen molar-refractivity contribution >= 4 is 54.3 Å². The molecule has 3 aromatic heterocycles. The molecule has 0 bridgehead atoms. The Morgan fingerprint density at radius 3 is 1.78 bits per heavy atom. The van der Waals surface area contributed by atoms with Crippen LogP contribution in [-0.2, 0) is 0 Å². The van der Waals surface area contributed by atoms with Gasteiger partial charge in [-0.1, -0.05) is 121 Å². The number of benzene rings is 7. The fraction of sp³-hybridized carbons (Fsp3) is 0. The zero-order chi connectivity index (χ0) is 32.3. The second kappa shape index (κ2) is 10.9. The standard InChI is InChI=1S/C44H26N4O/c1-3-12-28(13-4-1)42-46-43(29-14-5-2-6-15-29)48-44(47-42)35-22-21-34(41-40(35)37-26-45-24-23-38(37)49-41)36-25-30-20-19-27-11-7-8-16-31(27)39(30)33-18-10-9-17-32(33)36/h1-26H. The van der Waals surface area contributed by atoms with Crippen molar-refractivity contribution < 1.29 is 4.42 Å². The number of pyridine rings is 1. The van der Waals surface area contributed by atoms with Crippen LogP contribution in [0.3, 0.4) is 0 Å². The highest BCUT2D eigenvalue weighted by atomic mass is 16.3. The van der Waals surface area contributed by atoms with Crippen molar-refractivity contribution in [3.05, 3.63) is 158 Å². The molecule has 0 fully saturated rings. The number of furan rings is 1. The van der Waals surface area contributed by atoms with Crippen molar-refractivity contribution in [3.8, 4) is 45.3 Å². The molecule has 0 saturated heterocycles. The highest BCUT2D eigenvalue weighted by Gasteiger charge is 2.22. The molecule has 10 rings (SSSR count). The molecule has 0 saturated carbocycles. The summed E-state index contributed by atoms with van der Waals surface area (Å²) in [5, 5.41) is 9.12. The normalized spacial score (nSPS) is 11.7. The predicted octanol–water partition coefficient (Wildman–Crippen LogP) is 11.3. The average molecular weight is 627 g/mol. The summed E-state index contributed by atoms with van der Waals surface area (Å²) in [6, 6.07) is 50.3. The summed E-state index contributed by atoms with van der Waals surface area (Å²) < 4.78 is 6.75. The van der Waals surface area contributed by atoms with Crippen LogP contribution in [0.1, 0.15) is 0 Å². The van der Waals surface area contributed by atoms with Gasteiger partial charge in [-0.3, -0.25) is 4.98 Å². The molecule has 0 aliphatic rings. The summed E-state index contributed by atoms with van der Waals surface area (Å²) in [6.07, 6.45) is 3.64. The van der Waals surface area contributed by atoms with Crippen molar-refractivity contribution in [2.75, 3.05) is 0 Å². The summed E-state index contributed by atoms with van der Waals surface area (Å²) in [5.74, 6) is 1.80. The first kappa shape index (κ1) is 27.4. The van der Waals surface area contributed by atoms with E-state index in [1.807, 2.05) is 72.9 Å². The van der Waals surface area contributed by atoms with E-state index < -0.39 is 0 Å². The van der Waals surface area contributed by atoms with Gasteiger partial charge in [-0.05, 0) is 62.1 Å². The van der Waals surface area contributed by atoms with E-state index in [4.69, 9.17) is 19.4 Å². The third-order valence-corrected chi connectivity index (χ3v) is 9.40. The summed E-state index contributed by atoms with van der Waals surface area (Å²) in [6.45, 7) is 0. The van der Waals surface area contributed by atoms with Crippen LogP contribution in [0, 0.1) is 0 Å². The van der Waals surface area contributed by atoms with Gasteiger partial charge in [0, 0.05) is 45.4 Å². The van der Waals surface area contributed by atoms with E-state index >= 15 is 0 Å². The fourth-order valence-corrected chi connectivity index (χ4v) is 7.15. The number of hydrogen-bond donors (Lipinski definition) is 0. The van der Waals surface area contributed by atoms with Crippen molar-refractivity contribution in [1.82, 2.24) is 19.9 Å². The summed E-state index contributed by atoms with van der Waals surface area (Å²) >= 11 is 0. The van der Waals surface area contributed by atoms with Crippen LogP contribution in [0.15, 0.2) is 162 Å². The number of rotatable bonds is 4. The number of fused-ring (bicyclic) bond motifs is 8. The van der Waals surface area contributed by atoms with E-state index in [2.05, 4.69) is 83.8 Å². The quantitative estimate of drug-likeness (QED) is 0.182. The van der Waals surface area contributed by atoms with Crippen molar-refractivity contribution in [2.45, 2.75) is 0 Å². The first-order valence-electron chi connectivity index (χ1n) is 16.3. The van der Waals surface area contributed by atoms with Gasteiger partial charge in [0.05, 0.1) is 0 Å². The van der Waals surface area contributed by atoms with E-state index in [0.717, 1.165) is 55.1 Å². The van der Waals surface area contributed by atoms with Gasteiger partial charge in [0.25, 0.3) is 0 Å². The Hall–Kier alpha value is -6.72. The molecule has 0 radical (unpaired) electrons. The smallest absolute Gasteiger partial charge is 0.164 e. The molecule has 3 heterocycles. The Morgan fingerprint density at radius 1 is 0.408 bits per heavy atom. The van der Waals surface area contributed by atoms with Crippen LogP contribution >= 0.6 is 0 Å². The first-order chi connectivity index (χ1) is 24.3. The predicted molar refractivity (Wildman–Crippen MR) is 199 cm³/mol. The second-order valence-corrected chi connectivity index (χ2v) is 12.2. The van der Waals surface area contributed by atoms with Gasteiger partial charge in [0.2, 0.25) is 0 Å². The molecule has 5 heteroatoms. The fourth-order valence-electron chi connectivity index (χ4n) is 7.15. The van der Waals surface area contributed by atoms with Crippen LogP contribution in [0.4, 0.5) is 0 Å². The van der Waals surface area contributed by atoms with Crippen LogP contribution in [0.5, 0.6) is 0 Å². The van der Waals surface area contributed by atoms with Gasteiger partial charge in [-0.15, -0.1) is 0 Å². The highest BCUT2D eigenvalue weighted by molar-refractivity contribution is 6.25. The molecule has 0 amide bonds. The van der Waals surface area contributed by atoms with Gasteiger partial charge >= 0.3 is 0 Å². The third-order valence-electron chi connectivity index (χ3n) is 9.40. The minimum absolute atomic E-state index is 0.575. The Kier molecular flexibility index (Phi) is 6.11. The zero-order valence-electron chi connectivity index (χ0n) is 26.2. The average Bonchev–Trinajstić information content (AvgIpc) is 3.57. The van der Waals surface area contributed by atoms with E-state index in [0.29, 0.717) is 17.5 Å². The Labute approximate surface area is 281 Å². The highest BCUT2D eigenvalue weighted by Crippen LogP contribution is 2.45. The van der Waals surface area contributed by atoms with Gasteiger partial charge in [-0.2, -0.15) is 0 Å². The molecule has 0 aliphatic carbocycles. The lowest BCUT2D eigenvalue weighted by Gasteiger charge is -2.14. The summed E-state index contributed by atoms with van der Waals surface area (Å²) in [4.78, 5) is 19.6. The first-order valence-corrected chi connectivity index (χ1v) is 16.3. The molecule has 49 heavy (non-hydrogen) atoms. The minimum atomic E-state index is 0.575. The molecule has 228 valence electrons. The molecule has 5 nitrogen and oxygen atoms in total. The zero-order valence-corrected chi connectivity index (χ0v) is 26.2. The minimum Gasteiger partial charge on any atom is -0.455 e. The van der Waals surface area contributed by atoms with Crippen LogP contribution in [0.2, 0.25) is 0 Å². The maximum atomic E-state index is 6.75. The van der Waals surface area contributed by atoms with E-state index in [1.165, 1.54) is 26.9 Å². The molecule has 0 N–H and O–H groups in total. The SMILES string of the molecule is c1ccc(-c2nc(-c3ccccc3)nc(-c3ccc(-c4cc5ccc6ccccc6c5c5ccccc45)c4oc5ccncc5c34)n2)cc1. The van der Waals surface area contributed by atoms with Gasteiger partial charge in [-0.25, -0.2) is 15.0 Å². The molecule has 10 aromatic rings. The van der Waals surface area contributed by atoms with Crippen molar-refractivity contribution in [1.29, 1.82) is 0 Å². The van der Waals surface area contributed by atoms with E-state index in [9.17, 15) is 0 Å². The van der Waals surface area contributed by atoms with E-state index in [1.54, 1.807) is 6.20 Å². The molecular formula is C44H26N4O.